The van der Waals surface area contributed by atoms with Crippen LogP contribution in [-0.2, 0) is 0 Å². The molecule has 2 rings (SSSR count). The Morgan fingerprint density at radius 1 is 1.40 bits per heavy atom. The Kier molecular flexibility index (Phi) is 2.47. The van der Waals surface area contributed by atoms with Gasteiger partial charge in [-0.2, -0.15) is 0 Å². The minimum absolute atomic E-state index is 0.222. The maximum Gasteiger partial charge on any atom is 0.273 e. The van der Waals surface area contributed by atoms with Crippen molar-refractivity contribution in [3.63, 3.8) is 0 Å². The van der Waals surface area contributed by atoms with E-state index in [0.717, 1.165) is 11.5 Å². The zero-order valence-corrected chi connectivity index (χ0v) is 8.99. The van der Waals surface area contributed by atoms with E-state index < -0.39 is 0 Å². The quantitative estimate of drug-likeness (QED) is 0.559. The summed E-state index contributed by atoms with van der Waals surface area (Å²) in [6.45, 7) is 3.83. The van der Waals surface area contributed by atoms with Crippen molar-refractivity contribution < 1.29 is 4.92 Å². The van der Waals surface area contributed by atoms with Gasteiger partial charge in [0.25, 0.3) is 5.69 Å². The van der Waals surface area contributed by atoms with Gasteiger partial charge in [-0.1, -0.05) is 19.9 Å². The van der Waals surface area contributed by atoms with Gasteiger partial charge in [-0.25, -0.2) is 0 Å². The van der Waals surface area contributed by atoms with Crippen molar-refractivity contribution in [1.82, 2.24) is 0 Å². The largest absolute Gasteiger partial charge is 0.273 e. The van der Waals surface area contributed by atoms with Crippen molar-refractivity contribution in [1.29, 1.82) is 0 Å². The van der Waals surface area contributed by atoms with Gasteiger partial charge in [-0.05, 0) is 30.4 Å². The molecule has 0 atom stereocenters. The number of rotatable bonds is 3. The van der Waals surface area contributed by atoms with Crippen LogP contribution in [0, 0.1) is 16.0 Å². The standard InChI is InChI=1S/C12H14NO2/c1-8(2)11-7-10(9-3-4-9)5-6-12(11)13(14)15/h5-7,9H,3-4H2,1-2H3. The molecule has 0 unspecified atom stereocenters. The van der Waals surface area contributed by atoms with Crippen LogP contribution in [0.1, 0.15) is 43.7 Å². The van der Waals surface area contributed by atoms with E-state index in [0.29, 0.717) is 5.92 Å². The third-order valence-electron chi connectivity index (χ3n) is 2.80. The molecule has 1 aliphatic carbocycles. The molecule has 0 spiro atoms. The summed E-state index contributed by atoms with van der Waals surface area (Å²) in [6, 6.07) is 5.50. The summed E-state index contributed by atoms with van der Waals surface area (Å²) in [5.74, 6) is 1.65. The van der Waals surface area contributed by atoms with Gasteiger partial charge in [0.05, 0.1) is 4.92 Å². The van der Waals surface area contributed by atoms with Crippen LogP contribution in [0.25, 0.3) is 0 Å². The molecule has 0 aromatic heterocycles. The minimum Gasteiger partial charge on any atom is -0.258 e. The fourth-order valence-corrected chi connectivity index (χ4v) is 1.78. The first-order valence-electron chi connectivity index (χ1n) is 5.18. The first kappa shape index (κ1) is 10.1. The molecule has 3 nitrogen and oxygen atoms in total. The molecule has 0 heterocycles. The molecular formula is C12H14NO2. The predicted octanol–water partition coefficient (Wildman–Crippen LogP) is 3.43. The summed E-state index contributed by atoms with van der Waals surface area (Å²) in [6.07, 6.45) is 2.44. The number of hydrogen-bond acceptors (Lipinski definition) is 2. The molecule has 1 saturated carbocycles. The van der Waals surface area contributed by atoms with Crippen molar-refractivity contribution in [3.05, 3.63) is 45.4 Å². The monoisotopic (exact) mass is 204 g/mol. The van der Waals surface area contributed by atoms with Crippen molar-refractivity contribution in [2.24, 2.45) is 0 Å². The third kappa shape index (κ3) is 2.01. The van der Waals surface area contributed by atoms with E-state index in [-0.39, 0.29) is 10.6 Å². The van der Waals surface area contributed by atoms with E-state index >= 15 is 0 Å². The lowest BCUT2D eigenvalue weighted by atomic mass is 9.97. The van der Waals surface area contributed by atoms with E-state index in [1.807, 2.05) is 26.0 Å². The molecule has 0 N–H and O–H groups in total. The second-order valence-electron chi connectivity index (χ2n) is 4.31. The Balaban J connectivity index is 2.43. The maximum absolute atomic E-state index is 10.8. The van der Waals surface area contributed by atoms with Crippen molar-refractivity contribution in [2.45, 2.75) is 32.6 Å². The molecule has 1 radical (unpaired) electrons. The van der Waals surface area contributed by atoms with Gasteiger partial charge in [-0.15, -0.1) is 0 Å². The van der Waals surface area contributed by atoms with Gasteiger partial charge in [-0.3, -0.25) is 10.1 Å². The molecule has 1 fully saturated rings. The molecule has 0 saturated heterocycles. The second kappa shape index (κ2) is 3.65. The number of nitro groups is 1. The van der Waals surface area contributed by atoms with E-state index in [4.69, 9.17) is 0 Å². The Bertz CT molecular complexity index is 395. The Morgan fingerprint density at radius 3 is 2.53 bits per heavy atom. The number of nitro benzene ring substituents is 1. The molecule has 15 heavy (non-hydrogen) atoms. The normalized spacial score (nSPS) is 15.7. The van der Waals surface area contributed by atoms with Crippen LogP contribution in [0.3, 0.4) is 0 Å². The van der Waals surface area contributed by atoms with Gasteiger partial charge in [0.15, 0.2) is 0 Å². The number of benzene rings is 1. The van der Waals surface area contributed by atoms with Gasteiger partial charge in [0.1, 0.15) is 0 Å². The van der Waals surface area contributed by atoms with E-state index in [2.05, 4.69) is 0 Å². The van der Waals surface area contributed by atoms with Crippen LogP contribution in [0.5, 0.6) is 0 Å². The molecule has 3 heteroatoms. The van der Waals surface area contributed by atoms with Gasteiger partial charge < -0.3 is 0 Å². The van der Waals surface area contributed by atoms with E-state index in [1.165, 1.54) is 18.4 Å². The highest BCUT2D eigenvalue weighted by Gasteiger charge is 2.26. The molecule has 1 aromatic rings. The molecule has 0 amide bonds. The molecule has 1 aliphatic rings. The first-order valence-corrected chi connectivity index (χ1v) is 5.18. The van der Waals surface area contributed by atoms with E-state index in [1.54, 1.807) is 6.07 Å². The van der Waals surface area contributed by atoms with Crippen LogP contribution < -0.4 is 0 Å². The lowest BCUT2D eigenvalue weighted by Crippen LogP contribution is -1.98. The van der Waals surface area contributed by atoms with Crippen LogP contribution in [-0.4, -0.2) is 4.92 Å². The zero-order chi connectivity index (χ0) is 11.0. The summed E-state index contributed by atoms with van der Waals surface area (Å²) in [5.41, 5.74) is 2.25. The molecule has 79 valence electrons. The first-order chi connectivity index (χ1) is 7.09. The molecular weight excluding hydrogens is 190 g/mol. The summed E-state index contributed by atoms with van der Waals surface area (Å²) < 4.78 is 0. The topological polar surface area (TPSA) is 43.1 Å². The fourth-order valence-electron chi connectivity index (χ4n) is 1.78. The highest BCUT2D eigenvalue weighted by atomic mass is 16.6. The predicted molar refractivity (Wildman–Crippen MR) is 58.8 cm³/mol. The van der Waals surface area contributed by atoms with Gasteiger partial charge in [0.2, 0.25) is 0 Å². The van der Waals surface area contributed by atoms with Crippen molar-refractivity contribution in [3.8, 4) is 0 Å². The third-order valence-corrected chi connectivity index (χ3v) is 2.80. The number of nitrogens with zero attached hydrogens (tertiary/aromatic N) is 1. The lowest BCUT2D eigenvalue weighted by Gasteiger charge is -2.08. The van der Waals surface area contributed by atoms with Crippen LogP contribution in [0.4, 0.5) is 5.69 Å². The summed E-state index contributed by atoms with van der Waals surface area (Å²) in [4.78, 5) is 10.5. The summed E-state index contributed by atoms with van der Waals surface area (Å²) in [5, 5.41) is 10.8. The maximum atomic E-state index is 10.8. The average molecular weight is 204 g/mol. The van der Waals surface area contributed by atoms with Crippen LogP contribution >= 0.6 is 0 Å². The zero-order valence-electron chi connectivity index (χ0n) is 8.99. The van der Waals surface area contributed by atoms with Gasteiger partial charge in [0, 0.05) is 17.5 Å². The highest BCUT2D eigenvalue weighted by molar-refractivity contribution is 5.50. The smallest absolute Gasteiger partial charge is 0.258 e. The van der Waals surface area contributed by atoms with Crippen LogP contribution in [0.2, 0.25) is 0 Å². The lowest BCUT2D eigenvalue weighted by molar-refractivity contribution is -0.385. The summed E-state index contributed by atoms with van der Waals surface area (Å²) in [7, 11) is 0. The number of hydrogen-bond donors (Lipinski definition) is 0. The van der Waals surface area contributed by atoms with Crippen LogP contribution in [0.15, 0.2) is 18.2 Å². The van der Waals surface area contributed by atoms with Gasteiger partial charge >= 0.3 is 0 Å². The molecule has 0 bridgehead atoms. The fraction of sp³-hybridized carbons (Fsp3) is 0.417. The Hall–Kier alpha value is -1.38. The minimum atomic E-state index is -0.307. The summed E-state index contributed by atoms with van der Waals surface area (Å²) >= 11 is 0. The van der Waals surface area contributed by atoms with Crippen molar-refractivity contribution in [2.75, 3.05) is 0 Å². The average Bonchev–Trinajstić information content (AvgIpc) is 2.99. The Morgan fingerprint density at radius 2 is 2.07 bits per heavy atom. The highest BCUT2D eigenvalue weighted by Crippen LogP contribution is 2.42. The SMILES string of the molecule is C[C](C)c1cc(C2CC2)ccc1[N+](=O)[O-]. The Labute approximate surface area is 89.3 Å². The van der Waals surface area contributed by atoms with Crippen molar-refractivity contribution >= 4 is 5.69 Å². The van der Waals surface area contributed by atoms with E-state index in [9.17, 15) is 10.1 Å². The molecule has 0 aliphatic heterocycles. The second-order valence-corrected chi connectivity index (χ2v) is 4.31. The molecule has 1 aromatic carbocycles.